The molecule has 0 N–H and O–H groups in total. The molecule has 0 atom stereocenters. The monoisotopic (exact) mass is 353 g/mol. The summed E-state index contributed by atoms with van der Waals surface area (Å²) in [6.07, 6.45) is 7.33. The van der Waals surface area contributed by atoms with Crippen LogP contribution < -0.4 is 9.47 Å². The number of hydrogen-bond donors (Lipinski definition) is 0. The first-order valence-electron chi connectivity index (χ1n) is 9.15. The highest BCUT2D eigenvalue weighted by atomic mass is 16.5. The molecule has 6 nitrogen and oxygen atoms in total. The lowest BCUT2D eigenvalue weighted by Gasteiger charge is -2.32. The summed E-state index contributed by atoms with van der Waals surface area (Å²) in [7, 11) is 1.64. The Morgan fingerprint density at radius 1 is 1.04 bits per heavy atom. The van der Waals surface area contributed by atoms with Crippen LogP contribution in [0.15, 0.2) is 36.7 Å². The van der Waals surface area contributed by atoms with Gasteiger partial charge in [-0.1, -0.05) is 12.1 Å². The van der Waals surface area contributed by atoms with Gasteiger partial charge in [0.05, 0.1) is 12.7 Å². The molecule has 2 heterocycles. The lowest BCUT2D eigenvalue weighted by Crippen LogP contribution is -2.41. The summed E-state index contributed by atoms with van der Waals surface area (Å²) in [6.45, 7) is 1.34. The molecule has 1 saturated heterocycles. The van der Waals surface area contributed by atoms with Gasteiger partial charge in [0.2, 0.25) is 0 Å². The van der Waals surface area contributed by atoms with Gasteiger partial charge in [-0.2, -0.15) is 0 Å². The van der Waals surface area contributed by atoms with Crippen molar-refractivity contribution in [3.8, 4) is 11.5 Å². The minimum Gasteiger partial charge on any atom is -0.493 e. The number of para-hydroxylation sites is 2. The zero-order valence-electron chi connectivity index (χ0n) is 14.9. The van der Waals surface area contributed by atoms with Crippen LogP contribution in [0.4, 0.5) is 0 Å². The maximum absolute atomic E-state index is 12.6. The molecule has 1 aliphatic heterocycles. The first-order valence-corrected chi connectivity index (χ1v) is 9.15. The molecule has 26 heavy (non-hydrogen) atoms. The molecule has 2 aromatic rings. The van der Waals surface area contributed by atoms with Gasteiger partial charge < -0.3 is 14.4 Å². The number of nitrogens with zero attached hydrogens (tertiary/aromatic N) is 3. The number of benzene rings is 1. The van der Waals surface area contributed by atoms with E-state index in [1.807, 2.05) is 29.2 Å². The van der Waals surface area contributed by atoms with Gasteiger partial charge in [0.1, 0.15) is 11.9 Å². The third-order valence-corrected chi connectivity index (χ3v) is 4.95. The molecule has 1 aliphatic carbocycles. The number of ether oxygens (including phenoxy) is 2. The van der Waals surface area contributed by atoms with Gasteiger partial charge in [-0.3, -0.25) is 4.79 Å². The van der Waals surface area contributed by atoms with Crippen LogP contribution >= 0.6 is 0 Å². The van der Waals surface area contributed by atoms with Crippen LogP contribution in [0.5, 0.6) is 11.5 Å². The highest BCUT2D eigenvalue weighted by Gasteiger charge is 2.28. The topological polar surface area (TPSA) is 64.6 Å². The summed E-state index contributed by atoms with van der Waals surface area (Å²) < 4.78 is 11.4. The molecule has 4 rings (SSSR count). The molecule has 1 amide bonds. The van der Waals surface area contributed by atoms with Gasteiger partial charge in [-0.25, -0.2) is 9.97 Å². The summed E-state index contributed by atoms with van der Waals surface area (Å²) in [6, 6.07) is 7.65. The second-order valence-electron chi connectivity index (χ2n) is 6.86. The van der Waals surface area contributed by atoms with Crippen molar-refractivity contribution in [2.45, 2.75) is 37.7 Å². The van der Waals surface area contributed by atoms with Gasteiger partial charge in [0.25, 0.3) is 5.91 Å². The summed E-state index contributed by atoms with van der Waals surface area (Å²) >= 11 is 0. The number of rotatable bonds is 5. The minimum atomic E-state index is 0.00286. The van der Waals surface area contributed by atoms with E-state index in [0.717, 1.165) is 43.0 Å². The first-order chi connectivity index (χ1) is 12.7. The molecule has 0 unspecified atom stereocenters. The van der Waals surface area contributed by atoms with Crippen LogP contribution in [-0.2, 0) is 0 Å². The van der Waals surface area contributed by atoms with Gasteiger partial charge >= 0.3 is 0 Å². The zero-order chi connectivity index (χ0) is 17.9. The number of piperidine rings is 1. The van der Waals surface area contributed by atoms with Gasteiger partial charge in [0.15, 0.2) is 11.5 Å². The number of hydrogen-bond acceptors (Lipinski definition) is 5. The van der Waals surface area contributed by atoms with Crippen LogP contribution in [0, 0.1) is 0 Å². The summed E-state index contributed by atoms with van der Waals surface area (Å²) in [5.41, 5.74) is 0.568. The average molecular weight is 353 g/mol. The first kappa shape index (κ1) is 16.8. The number of amides is 1. The van der Waals surface area contributed by atoms with Crippen molar-refractivity contribution in [2.24, 2.45) is 0 Å². The number of likely N-dealkylation sites (tertiary alicyclic amines) is 1. The van der Waals surface area contributed by atoms with Gasteiger partial charge in [0, 0.05) is 44.2 Å². The maximum Gasteiger partial charge on any atom is 0.256 e. The number of methoxy groups -OCH3 is 1. The second-order valence-corrected chi connectivity index (χ2v) is 6.86. The Labute approximate surface area is 153 Å². The second kappa shape index (κ2) is 7.32. The van der Waals surface area contributed by atoms with E-state index >= 15 is 0 Å². The highest BCUT2D eigenvalue weighted by molar-refractivity contribution is 5.93. The molecule has 136 valence electrons. The Morgan fingerprint density at radius 2 is 1.69 bits per heavy atom. The lowest BCUT2D eigenvalue weighted by atomic mass is 10.1. The predicted octanol–water partition coefficient (Wildman–Crippen LogP) is 3.05. The third-order valence-electron chi connectivity index (χ3n) is 4.95. The fourth-order valence-electron chi connectivity index (χ4n) is 3.26. The molecular weight excluding hydrogens is 330 g/mol. The van der Waals surface area contributed by atoms with E-state index in [-0.39, 0.29) is 12.0 Å². The molecule has 6 heteroatoms. The van der Waals surface area contributed by atoms with Crippen LogP contribution in [0.3, 0.4) is 0 Å². The van der Waals surface area contributed by atoms with E-state index in [1.165, 1.54) is 0 Å². The average Bonchev–Trinajstić information content (AvgIpc) is 3.54. The Kier molecular flexibility index (Phi) is 4.73. The molecule has 0 radical (unpaired) electrons. The Morgan fingerprint density at radius 3 is 2.31 bits per heavy atom. The molecule has 0 spiro atoms. The number of aromatic nitrogens is 2. The molecule has 1 aromatic carbocycles. The maximum atomic E-state index is 12.6. The molecule has 2 fully saturated rings. The minimum absolute atomic E-state index is 0.00286. The van der Waals surface area contributed by atoms with Crippen molar-refractivity contribution in [2.75, 3.05) is 20.2 Å². The van der Waals surface area contributed by atoms with E-state index in [4.69, 9.17) is 9.47 Å². The Hall–Kier alpha value is -2.63. The highest BCUT2D eigenvalue weighted by Crippen LogP contribution is 2.37. The summed E-state index contributed by atoms with van der Waals surface area (Å²) in [4.78, 5) is 23.2. The smallest absolute Gasteiger partial charge is 0.256 e. The predicted molar refractivity (Wildman–Crippen MR) is 96.6 cm³/mol. The molecule has 1 saturated carbocycles. The lowest BCUT2D eigenvalue weighted by molar-refractivity contribution is 0.0589. The van der Waals surface area contributed by atoms with Crippen molar-refractivity contribution in [1.82, 2.24) is 14.9 Å². The fraction of sp³-hybridized carbons (Fsp3) is 0.450. The van der Waals surface area contributed by atoms with Crippen LogP contribution in [0.1, 0.15) is 47.8 Å². The van der Waals surface area contributed by atoms with E-state index in [9.17, 15) is 4.79 Å². The normalized spacial score (nSPS) is 17.8. The number of carbonyl (C=O) groups excluding carboxylic acids is 1. The third kappa shape index (κ3) is 3.64. The van der Waals surface area contributed by atoms with Crippen LogP contribution in [-0.4, -0.2) is 47.1 Å². The van der Waals surface area contributed by atoms with Crippen molar-refractivity contribution in [3.05, 3.63) is 48.0 Å². The SMILES string of the molecule is COc1ccccc1OC1CCN(C(=O)c2cnc(C3CC3)nc2)CC1. The van der Waals surface area contributed by atoms with Gasteiger partial charge in [-0.05, 0) is 25.0 Å². The summed E-state index contributed by atoms with van der Waals surface area (Å²) in [5.74, 6) is 2.86. The Balaban J connectivity index is 1.33. The van der Waals surface area contributed by atoms with Crippen LogP contribution in [0.2, 0.25) is 0 Å². The van der Waals surface area contributed by atoms with E-state index in [1.54, 1.807) is 19.5 Å². The van der Waals surface area contributed by atoms with Crippen molar-refractivity contribution < 1.29 is 14.3 Å². The van der Waals surface area contributed by atoms with Crippen LogP contribution in [0.25, 0.3) is 0 Å². The quantitative estimate of drug-likeness (QED) is 0.827. The largest absolute Gasteiger partial charge is 0.493 e. The molecule has 2 aliphatic rings. The van der Waals surface area contributed by atoms with Crippen molar-refractivity contribution in [1.29, 1.82) is 0 Å². The molecule has 0 bridgehead atoms. The van der Waals surface area contributed by atoms with Crippen molar-refractivity contribution >= 4 is 5.91 Å². The van der Waals surface area contributed by atoms with Crippen molar-refractivity contribution in [3.63, 3.8) is 0 Å². The zero-order valence-corrected chi connectivity index (χ0v) is 14.9. The van der Waals surface area contributed by atoms with Gasteiger partial charge in [-0.15, -0.1) is 0 Å². The standard InChI is InChI=1S/C20H23N3O3/c1-25-17-4-2-3-5-18(17)26-16-8-10-23(11-9-16)20(24)15-12-21-19(22-13-15)14-6-7-14/h2-5,12-14,16H,6-11H2,1H3. The number of carbonyl (C=O) groups is 1. The molecule has 1 aromatic heterocycles. The Bertz CT molecular complexity index is 766. The summed E-state index contributed by atoms with van der Waals surface area (Å²) in [5, 5.41) is 0. The van der Waals surface area contributed by atoms with E-state index < -0.39 is 0 Å². The van der Waals surface area contributed by atoms with E-state index in [0.29, 0.717) is 24.6 Å². The van der Waals surface area contributed by atoms with E-state index in [2.05, 4.69) is 9.97 Å². The fourth-order valence-corrected chi connectivity index (χ4v) is 3.26. The molecular formula is C20H23N3O3.